The zero-order valence-corrected chi connectivity index (χ0v) is 5.74. The molecule has 0 radical (unpaired) electrons. The quantitative estimate of drug-likeness (QED) is 0.534. The smallest absolute Gasteiger partial charge is 0.316 e. The molecule has 5 heteroatoms. The Bertz CT molecular complexity index is 273. The third-order valence-electron chi connectivity index (χ3n) is 1.11. The average molecular weight is 152 g/mol. The maximum Gasteiger partial charge on any atom is 0.316 e. The molecule has 0 spiro atoms. The highest BCUT2D eigenvalue weighted by Crippen LogP contribution is 2.13. The normalized spacial score (nSPS) is 9.09. The second-order valence-electron chi connectivity index (χ2n) is 1.95. The van der Waals surface area contributed by atoms with Crippen LogP contribution >= 0.6 is 0 Å². The molecule has 0 saturated heterocycles. The monoisotopic (exact) mass is 152 g/mol. The van der Waals surface area contributed by atoms with E-state index in [0.717, 1.165) is 0 Å². The summed E-state index contributed by atoms with van der Waals surface area (Å²) in [4.78, 5) is 14.1. The third-order valence-corrected chi connectivity index (χ3v) is 1.11. The summed E-state index contributed by atoms with van der Waals surface area (Å²) in [7, 11) is 0. The van der Waals surface area contributed by atoms with E-state index in [4.69, 9.17) is 11.5 Å². The molecule has 1 heterocycles. The number of urea groups is 1. The van der Waals surface area contributed by atoms with Crippen molar-refractivity contribution in [2.24, 2.45) is 5.73 Å². The topological polar surface area (TPSA) is 94.0 Å². The minimum atomic E-state index is -0.636. The lowest BCUT2D eigenvalue weighted by molar-refractivity contribution is 0.259. The number of rotatable bonds is 1. The summed E-state index contributed by atoms with van der Waals surface area (Å²) in [5, 5.41) is 2.35. The molecule has 1 aromatic heterocycles. The van der Waals surface area contributed by atoms with E-state index in [-0.39, 0.29) is 0 Å². The van der Waals surface area contributed by atoms with Crippen molar-refractivity contribution in [2.75, 3.05) is 11.1 Å². The number of carbonyl (C=O) groups is 1. The minimum absolute atomic E-state index is 0.395. The fourth-order valence-corrected chi connectivity index (χ4v) is 0.653. The Morgan fingerprint density at radius 2 is 2.36 bits per heavy atom. The van der Waals surface area contributed by atoms with E-state index in [1.807, 2.05) is 0 Å². The van der Waals surface area contributed by atoms with Gasteiger partial charge in [-0.05, 0) is 6.07 Å². The van der Waals surface area contributed by atoms with Crippen LogP contribution in [0.5, 0.6) is 0 Å². The molecular weight excluding hydrogens is 144 g/mol. The fourth-order valence-electron chi connectivity index (χ4n) is 0.653. The molecule has 0 bridgehead atoms. The van der Waals surface area contributed by atoms with Gasteiger partial charge in [0.1, 0.15) is 0 Å². The molecule has 0 aliphatic carbocycles. The van der Waals surface area contributed by atoms with E-state index in [1.54, 1.807) is 6.07 Å². The summed E-state index contributed by atoms with van der Waals surface area (Å²) >= 11 is 0. The van der Waals surface area contributed by atoms with Crippen LogP contribution in [0.2, 0.25) is 0 Å². The highest BCUT2D eigenvalue weighted by molar-refractivity contribution is 5.91. The van der Waals surface area contributed by atoms with Gasteiger partial charge in [0.05, 0.1) is 17.6 Å². The molecule has 2 amide bonds. The van der Waals surface area contributed by atoms with E-state index in [2.05, 4.69) is 10.3 Å². The number of nitrogens with two attached hydrogens (primary N) is 2. The molecule has 0 aliphatic heterocycles. The average Bonchev–Trinajstić information content (AvgIpc) is 1.93. The highest BCUT2D eigenvalue weighted by Gasteiger charge is 1.98. The molecular formula is C6H8N4O. The lowest BCUT2D eigenvalue weighted by Gasteiger charge is -2.02. The predicted octanol–water partition coefficient (Wildman–Crippen LogP) is 0.154. The number of anilines is 2. The summed E-state index contributed by atoms with van der Waals surface area (Å²) < 4.78 is 0. The number of nitrogens with zero attached hydrogens (tertiary/aromatic N) is 1. The van der Waals surface area contributed by atoms with Crippen LogP contribution in [0, 0.1) is 0 Å². The van der Waals surface area contributed by atoms with E-state index in [0.29, 0.717) is 11.4 Å². The Morgan fingerprint density at radius 1 is 1.64 bits per heavy atom. The largest absolute Gasteiger partial charge is 0.396 e. The van der Waals surface area contributed by atoms with E-state index >= 15 is 0 Å². The molecule has 0 aliphatic rings. The number of hydrogen-bond acceptors (Lipinski definition) is 3. The maximum atomic E-state index is 10.4. The van der Waals surface area contributed by atoms with E-state index < -0.39 is 6.03 Å². The summed E-state index contributed by atoms with van der Waals surface area (Å²) in [5.41, 5.74) is 11.2. The maximum absolute atomic E-state index is 10.4. The van der Waals surface area contributed by atoms with Gasteiger partial charge in [0.25, 0.3) is 0 Å². The minimum Gasteiger partial charge on any atom is -0.396 e. The zero-order valence-electron chi connectivity index (χ0n) is 5.74. The van der Waals surface area contributed by atoms with Gasteiger partial charge in [-0.1, -0.05) is 0 Å². The highest BCUT2D eigenvalue weighted by atomic mass is 16.2. The van der Waals surface area contributed by atoms with Gasteiger partial charge in [0, 0.05) is 6.20 Å². The first-order valence-corrected chi connectivity index (χ1v) is 2.96. The molecule has 0 unspecified atom stereocenters. The number of carbonyl (C=O) groups excluding carboxylic acids is 1. The molecule has 1 rings (SSSR count). The van der Waals surface area contributed by atoms with Crippen molar-refractivity contribution >= 4 is 17.4 Å². The van der Waals surface area contributed by atoms with Crippen LogP contribution < -0.4 is 16.8 Å². The number of primary amides is 1. The van der Waals surface area contributed by atoms with Crippen LogP contribution in [-0.2, 0) is 0 Å². The Morgan fingerprint density at radius 3 is 2.91 bits per heavy atom. The Balaban J connectivity index is 2.86. The van der Waals surface area contributed by atoms with Crippen molar-refractivity contribution in [1.29, 1.82) is 0 Å². The van der Waals surface area contributed by atoms with Crippen molar-refractivity contribution in [3.05, 3.63) is 18.5 Å². The third kappa shape index (κ3) is 1.82. The van der Waals surface area contributed by atoms with Gasteiger partial charge in [0.15, 0.2) is 0 Å². The lowest BCUT2D eigenvalue weighted by atomic mass is 10.3. The molecule has 0 fully saturated rings. The second-order valence-corrected chi connectivity index (χ2v) is 1.95. The number of nitrogen functional groups attached to an aromatic ring is 1. The molecule has 0 aromatic carbocycles. The molecule has 1 aromatic rings. The molecule has 0 atom stereocenters. The summed E-state index contributed by atoms with van der Waals surface area (Å²) in [6, 6.07) is 0.933. The summed E-state index contributed by atoms with van der Waals surface area (Å²) in [5.74, 6) is 0. The molecule has 0 saturated carbocycles. The Kier molecular flexibility index (Phi) is 1.91. The first kappa shape index (κ1) is 7.33. The molecule has 5 nitrogen and oxygen atoms in total. The first-order chi connectivity index (χ1) is 5.20. The standard InChI is InChI=1S/C6H8N4O/c7-4-3-9-2-1-5(4)10-6(8)11/h1-3H,7H2,(H3,8,9,10,11). The van der Waals surface area contributed by atoms with Gasteiger partial charge in [-0.15, -0.1) is 0 Å². The second kappa shape index (κ2) is 2.87. The van der Waals surface area contributed by atoms with Crippen molar-refractivity contribution in [2.45, 2.75) is 0 Å². The van der Waals surface area contributed by atoms with Crippen molar-refractivity contribution < 1.29 is 4.79 Å². The number of nitrogens with one attached hydrogen (secondary N) is 1. The molecule has 58 valence electrons. The lowest BCUT2D eigenvalue weighted by Crippen LogP contribution is -2.20. The summed E-state index contributed by atoms with van der Waals surface area (Å²) in [6.07, 6.45) is 2.95. The number of aromatic nitrogens is 1. The van der Waals surface area contributed by atoms with Crippen LogP contribution in [0.1, 0.15) is 0 Å². The van der Waals surface area contributed by atoms with Crippen molar-refractivity contribution in [3.63, 3.8) is 0 Å². The Hall–Kier alpha value is -1.78. The van der Waals surface area contributed by atoms with Crippen LogP contribution in [0.4, 0.5) is 16.2 Å². The van der Waals surface area contributed by atoms with Crippen LogP contribution in [0.25, 0.3) is 0 Å². The van der Waals surface area contributed by atoms with Gasteiger partial charge in [-0.25, -0.2) is 4.79 Å². The first-order valence-electron chi connectivity index (χ1n) is 2.96. The van der Waals surface area contributed by atoms with Gasteiger partial charge in [-0.2, -0.15) is 0 Å². The van der Waals surface area contributed by atoms with Crippen LogP contribution in [0.15, 0.2) is 18.5 Å². The predicted molar refractivity (Wildman–Crippen MR) is 41.9 cm³/mol. The van der Waals surface area contributed by atoms with Crippen LogP contribution in [-0.4, -0.2) is 11.0 Å². The number of pyridine rings is 1. The molecule has 11 heavy (non-hydrogen) atoms. The zero-order chi connectivity index (χ0) is 8.27. The number of amides is 2. The molecule has 5 N–H and O–H groups in total. The van der Waals surface area contributed by atoms with Gasteiger partial charge in [0.2, 0.25) is 0 Å². The van der Waals surface area contributed by atoms with Crippen molar-refractivity contribution in [3.8, 4) is 0 Å². The van der Waals surface area contributed by atoms with Gasteiger partial charge in [-0.3, -0.25) is 4.98 Å². The van der Waals surface area contributed by atoms with Crippen molar-refractivity contribution in [1.82, 2.24) is 4.98 Å². The Labute approximate surface area is 63.4 Å². The fraction of sp³-hybridized carbons (Fsp3) is 0. The van der Waals surface area contributed by atoms with Crippen LogP contribution in [0.3, 0.4) is 0 Å². The van der Waals surface area contributed by atoms with E-state index in [9.17, 15) is 4.79 Å². The summed E-state index contributed by atoms with van der Waals surface area (Å²) in [6.45, 7) is 0. The SMILES string of the molecule is NC(=O)Nc1ccncc1N. The number of hydrogen-bond donors (Lipinski definition) is 3. The van der Waals surface area contributed by atoms with Gasteiger partial charge < -0.3 is 16.8 Å². The van der Waals surface area contributed by atoms with E-state index in [1.165, 1.54) is 12.4 Å². The van der Waals surface area contributed by atoms with Gasteiger partial charge >= 0.3 is 6.03 Å².